The van der Waals surface area contributed by atoms with Gasteiger partial charge in [-0.05, 0) is 68.8 Å². The molecule has 3 saturated carbocycles. The average Bonchev–Trinajstić information content (AvgIpc) is 3.31. The molecule has 1 aromatic heterocycles. The van der Waals surface area contributed by atoms with Crippen molar-refractivity contribution in [3.05, 3.63) is 52.3 Å². The SMILES string of the molecule is CC1(C(=O)O)CCC(n2ncc(C(=O)N(C[C@H](O)c3ccccc3Cl)C3C[C@@H]4[C@H](C3)C4(C)C)c2C(F)(F)F)CC1. The van der Waals surface area contributed by atoms with E-state index in [-0.39, 0.29) is 43.7 Å². The molecule has 40 heavy (non-hydrogen) atoms. The molecule has 2 aromatic rings. The molecule has 1 amide bonds. The van der Waals surface area contributed by atoms with Gasteiger partial charge in [0, 0.05) is 16.6 Å². The van der Waals surface area contributed by atoms with Gasteiger partial charge in [0.15, 0.2) is 5.69 Å². The van der Waals surface area contributed by atoms with Gasteiger partial charge >= 0.3 is 12.1 Å². The number of carboxylic acids is 1. The lowest BCUT2D eigenvalue weighted by Crippen LogP contribution is -2.43. The summed E-state index contributed by atoms with van der Waals surface area (Å²) in [6, 6.07) is 5.68. The number of benzene rings is 1. The van der Waals surface area contributed by atoms with Gasteiger partial charge in [0.1, 0.15) is 0 Å². The molecule has 3 aliphatic carbocycles. The van der Waals surface area contributed by atoms with E-state index < -0.39 is 46.9 Å². The van der Waals surface area contributed by atoms with Crippen molar-refractivity contribution in [3.8, 4) is 0 Å². The Balaban J connectivity index is 1.46. The Labute approximate surface area is 236 Å². The second kappa shape index (κ2) is 10.0. The summed E-state index contributed by atoms with van der Waals surface area (Å²) in [5.41, 5.74) is -2.13. The Bertz CT molecular complexity index is 1290. The van der Waals surface area contributed by atoms with E-state index in [9.17, 15) is 33.0 Å². The van der Waals surface area contributed by atoms with Crippen LogP contribution in [0.4, 0.5) is 13.2 Å². The molecule has 4 atom stereocenters. The number of rotatable bonds is 7. The summed E-state index contributed by atoms with van der Waals surface area (Å²) in [4.78, 5) is 27.0. The minimum absolute atomic E-state index is 0.139. The lowest BCUT2D eigenvalue weighted by molar-refractivity contribution is -0.152. The van der Waals surface area contributed by atoms with Crippen LogP contribution in [0.15, 0.2) is 30.5 Å². The molecule has 218 valence electrons. The number of alkyl halides is 3. The smallest absolute Gasteiger partial charge is 0.433 e. The number of halogens is 4. The first-order valence-corrected chi connectivity index (χ1v) is 14.1. The third-order valence-electron chi connectivity index (χ3n) is 9.89. The van der Waals surface area contributed by atoms with E-state index in [1.54, 1.807) is 31.2 Å². The van der Waals surface area contributed by atoms with Crippen LogP contribution in [-0.4, -0.2) is 49.4 Å². The van der Waals surface area contributed by atoms with E-state index in [1.165, 1.54) is 4.90 Å². The fraction of sp³-hybridized carbons (Fsp3) is 0.621. The number of aliphatic hydroxyl groups excluding tert-OH is 1. The highest BCUT2D eigenvalue weighted by atomic mass is 35.5. The number of carboxylic acid groups (broad SMARTS) is 1. The van der Waals surface area contributed by atoms with E-state index in [0.717, 1.165) is 10.9 Å². The predicted octanol–water partition coefficient (Wildman–Crippen LogP) is 6.37. The van der Waals surface area contributed by atoms with Gasteiger partial charge in [0.05, 0.1) is 35.9 Å². The molecular formula is C29H35ClF3N3O4. The van der Waals surface area contributed by atoms with Crippen molar-refractivity contribution in [2.24, 2.45) is 22.7 Å². The third kappa shape index (κ3) is 5.02. The normalized spacial score (nSPS) is 30.0. The van der Waals surface area contributed by atoms with Crippen LogP contribution < -0.4 is 0 Å². The summed E-state index contributed by atoms with van der Waals surface area (Å²) in [6.07, 6.45) is -2.91. The molecule has 0 radical (unpaired) electrons. The summed E-state index contributed by atoms with van der Waals surface area (Å²) in [5.74, 6) is -1.04. The van der Waals surface area contributed by atoms with Crippen LogP contribution in [0.5, 0.6) is 0 Å². The second-order valence-corrected chi connectivity index (χ2v) is 13.0. The average molecular weight is 582 g/mol. The first kappa shape index (κ1) is 28.9. The van der Waals surface area contributed by atoms with Crippen LogP contribution in [0.2, 0.25) is 5.02 Å². The molecule has 7 nitrogen and oxygen atoms in total. The van der Waals surface area contributed by atoms with Gasteiger partial charge in [0.2, 0.25) is 0 Å². The summed E-state index contributed by atoms with van der Waals surface area (Å²) >= 11 is 6.28. The maximum Gasteiger partial charge on any atom is 0.433 e. The molecule has 3 fully saturated rings. The lowest BCUT2D eigenvalue weighted by Gasteiger charge is -2.35. The number of carbonyl (C=O) groups is 2. The number of carbonyl (C=O) groups excluding carboxylic acids is 1. The van der Waals surface area contributed by atoms with Gasteiger partial charge in [0.25, 0.3) is 5.91 Å². The first-order valence-electron chi connectivity index (χ1n) is 13.8. The van der Waals surface area contributed by atoms with Gasteiger partial charge in [-0.15, -0.1) is 0 Å². The molecule has 1 heterocycles. The molecule has 0 aliphatic heterocycles. The minimum atomic E-state index is -4.86. The van der Waals surface area contributed by atoms with E-state index in [4.69, 9.17) is 11.6 Å². The van der Waals surface area contributed by atoms with Crippen molar-refractivity contribution in [1.29, 1.82) is 0 Å². The van der Waals surface area contributed by atoms with E-state index in [0.29, 0.717) is 35.3 Å². The van der Waals surface area contributed by atoms with Crippen LogP contribution in [0, 0.1) is 22.7 Å². The van der Waals surface area contributed by atoms with Crippen molar-refractivity contribution in [2.75, 3.05) is 6.54 Å². The monoisotopic (exact) mass is 581 g/mol. The summed E-state index contributed by atoms with van der Waals surface area (Å²) < 4.78 is 44.5. The quantitative estimate of drug-likeness (QED) is 0.396. The number of aliphatic hydroxyl groups is 1. The number of aliphatic carboxylic acids is 1. The molecule has 1 unspecified atom stereocenters. The van der Waals surface area contributed by atoms with E-state index in [1.807, 2.05) is 0 Å². The number of nitrogens with zero attached hydrogens (tertiary/aromatic N) is 3. The van der Waals surface area contributed by atoms with Crippen LogP contribution in [0.25, 0.3) is 0 Å². The second-order valence-electron chi connectivity index (χ2n) is 12.6. The maximum atomic E-state index is 14.5. The highest BCUT2D eigenvalue weighted by Crippen LogP contribution is 2.67. The van der Waals surface area contributed by atoms with Gasteiger partial charge < -0.3 is 15.1 Å². The van der Waals surface area contributed by atoms with Crippen molar-refractivity contribution in [2.45, 2.75) is 83.7 Å². The van der Waals surface area contributed by atoms with Crippen LogP contribution in [0.1, 0.15) is 93.1 Å². The molecule has 0 saturated heterocycles. The van der Waals surface area contributed by atoms with Crippen LogP contribution in [-0.2, 0) is 11.0 Å². The lowest BCUT2D eigenvalue weighted by atomic mass is 9.74. The molecule has 11 heteroatoms. The van der Waals surface area contributed by atoms with Gasteiger partial charge in [-0.25, -0.2) is 0 Å². The Morgan fingerprint density at radius 1 is 1.15 bits per heavy atom. The molecule has 1 aromatic carbocycles. The molecule has 0 bridgehead atoms. The number of hydrogen-bond donors (Lipinski definition) is 2. The molecule has 3 aliphatic rings. The highest BCUT2D eigenvalue weighted by Gasteiger charge is 2.63. The molecule has 0 spiro atoms. The summed E-state index contributed by atoms with van der Waals surface area (Å²) in [6.45, 7) is 5.73. The zero-order chi connectivity index (χ0) is 29.2. The standard InChI is InChI=1S/C29H35ClF3N3O4/c1-27(2)20-12-17(13-21(20)27)35(15-23(37)18-6-4-5-7-22(18)30)25(38)19-14-34-36(24(19)29(31,32)33)16-8-10-28(3,11-9-16)26(39)40/h4-7,14,16-17,20-21,23,37H,8-13,15H2,1-3H3,(H,39,40)/t16?,17?,20-,21+,23-,28?/m0/s1. The van der Waals surface area contributed by atoms with Crippen molar-refractivity contribution in [1.82, 2.24) is 14.7 Å². The van der Waals surface area contributed by atoms with E-state index >= 15 is 0 Å². The maximum absolute atomic E-state index is 14.5. The Kier molecular flexibility index (Phi) is 7.26. The minimum Gasteiger partial charge on any atom is -0.481 e. The number of fused-ring (bicyclic) bond motifs is 1. The summed E-state index contributed by atoms with van der Waals surface area (Å²) in [5, 5.41) is 25.0. The topological polar surface area (TPSA) is 95.7 Å². The van der Waals surface area contributed by atoms with E-state index in [2.05, 4.69) is 18.9 Å². The fourth-order valence-corrected chi connectivity index (χ4v) is 7.35. The number of amides is 1. The molecular weight excluding hydrogens is 547 g/mol. The molecule has 2 N–H and O–H groups in total. The number of aromatic nitrogens is 2. The zero-order valence-electron chi connectivity index (χ0n) is 22.8. The van der Waals surface area contributed by atoms with Gasteiger partial charge in [-0.1, -0.05) is 43.6 Å². The summed E-state index contributed by atoms with van der Waals surface area (Å²) in [7, 11) is 0. The van der Waals surface area contributed by atoms with Crippen molar-refractivity contribution >= 4 is 23.5 Å². The Hall–Kier alpha value is -2.59. The van der Waals surface area contributed by atoms with Gasteiger partial charge in [-0.3, -0.25) is 14.3 Å². The highest BCUT2D eigenvalue weighted by molar-refractivity contribution is 6.31. The Morgan fingerprint density at radius 3 is 2.30 bits per heavy atom. The fourth-order valence-electron chi connectivity index (χ4n) is 7.09. The van der Waals surface area contributed by atoms with Gasteiger partial charge in [-0.2, -0.15) is 18.3 Å². The van der Waals surface area contributed by atoms with Crippen LogP contribution >= 0.6 is 11.6 Å². The number of hydrogen-bond acceptors (Lipinski definition) is 4. The van der Waals surface area contributed by atoms with Crippen LogP contribution in [0.3, 0.4) is 0 Å². The predicted molar refractivity (Wildman–Crippen MR) is 142 cm³/mol. The van der Waals surface area contributed by atoms with Crippen molar-refractivity contribution in [3.63, 3.8) is 0 Å². The largest absolute Gasteiger partial charge is 0.481 e. The Morgan fingerprint density at radius 2 is 1.75 bits per heavy atom. The zero-order valence-corrected chi connectivity index (χ0v) is 23.5. The van der Waals surface area contributed by atoms with Crippen molar-refractivity contribution < 1.29 is 33.0 Å². The first-order chi connectivity index (χ1) is 18.6. The third-order valence-corrected chi connectivity index (χ3v) is 10.2. The molecule has 5 rings (SSSR count).